The molecule has 3 rings (SSSR count). The average Bonchev–Trinajstić information content (AvgIpc) is 2.49. The molecule has 0 aliphatic carbocycles. The fourth-order valence-electron chi connectivity index (χ4n) is 1.89. The summed E-state index contributed by atoms with van der Waals surface area (Å²) in [6.07, 6.45) is 0. The first-order valence-corrected chi connectivity index (χ1v) is 6.56. The van der Waals surface area contributed by atoms with E-state index in [2.05, 4.69) is 4.98 Å². The maximum atomic E-state index is 11.2. The van der Waals surface area contributed by atoms with E-state index >= 15 is 0 Å². The lowest BCUT2D eigenvalue weighted by Crippen LogP contribution is -2.08. The number of anilines is 1. The quantitative estimate of drug-likeness (QED) is 0.409. The molecule has 0 amide bonds. The predicted octanol–water partition coefficient (Wildman–Crippen LogP) is 3.01. The molecule has 0 atom stereocenters. The van der Waals surface area contributed by atoms with Crippen molar-refractivity contribution in [3.8, 4) is 0 Å². The van der Waals surface area contributed by atoms with Crippen molar-refractivity contribution in [2.45, 2.75) is 6.92 Å². The van der Waals surface area contributed by atoms with E-state index in [4.69, 9.17) is 5.73 Å². The monoisotopic (exact) mass is 297 g/mol. The zero-order valence-corrected chi connectivity index (χ0v) is 11.9. The van der Waals surface area contributed by atoms with Crippen molar-refractivity contribution in [1.82, 2.24) is 4.98 Å². The minimum atomic E-state index is -0.476. The Hall–Kier alpha value is -3.15. The number of non-ortho nitro benzene ring substituents is 1. The Labute approximate surface area is 126 Å². The number of nitrogen functional groups attached to an aromatic ring is 1. The van der Waals surface area contributed by atoms with Gasteiger partial charge in [-0.1, -0.05) is 24.3 Å². The van der Waals surface area contributed by atoms with Gasteiger partial charge in [0.05, 0.1) is 4.92 Å². The lowest BCUT2D eigenvalue weighted by molar-refractivity contribution is -0.384. The number of pyridine rings is 1. The zero-order chi connectivity index (χ0) is 16.1. The third-order valence-corrected chi connectivity index (χ3v) is 3.02. The van der Waals surface area contributed by atoms with Crippen molar-refractivity contribution in [2.75, 3.05) is 5.73 Å². The van der Waals surface area contributed by atoms with E-state index in [1.807, 2.05) is 37.3 Å². The number of rotatable bonds is 1. The molecule has 0 saturated heterocycles. The van der Waals surface area contributed by atoms with Crippen LogP contribution in [0, 0.1) is 17.0 Å². The number of fused-ring (bicyclic) bond motifs is 1. The highest BCUT2D eigenvalue weighted by Crippen LogP contribution is 2.13. The Bertz CT molecular complexity index is 872. The second-order valence-electron chi connectivity index (χ2n) is 4.72. The summed E-state index contributed by atoms with van der Waals surface area (Å²) >= 11 is 0. The average molecular weight is 297 g/mol. The van der Waals surface area contributed by atoms with E-state index < -0.39 is 4.92 Å². The van der Waals surface area contributed by atoms with Gasteiger partial charge in [-0.2, -0.15) is 0 Å². The molecule has 0 radical (unpaired) electrons. The normalized spacial score (nSPS) is 9.86. The number of nitrogens with zero attached hydrogens (tertiary/aromatic N) is 1. The van der Waals surface area contributed by atoms with E-state index in [0.717, 1.165) is 16.5 Å². The molecule has 1 aromatic heterocycles. The van der Waals surface area contributed by atoms with Gasteiger partial charge in [0.1, 0.15) is 0 Å². The fourth-order valence-corrected chi connectivity index (χ4v) is 1.89. The highest BCUT2D eigenvalue weighted by Gasteiger charge is 2.02. The van der Waals surface area contributed by atoms with Crippen LogP contribution in [-0.4, -0.2) is 9.91 Å². The van der Waals surface area contributed by atoms with E-state index in [0.29, 0.717) is 5.69 Å². The third kappa shape index (κ3) is 3.69. The lowest BCUT2D eigenvalue weighted by Gasteiger charge is -1.97. The molecule has 0 saturated carbocycles. The number of para-hydroxylation sites is 1. The van der Waals surface area contributed by atoms with Crippen LogP contribution in [0.3, 0.4) is 0 Å². The number of aromatic amines is 1. The number of nitro groups is 1. The summed E-state index contributed by atoms with van der Waals surface area (Å²) in [4.78, 5) is 23.6. The molecule has 1 heterocycles. The second kappa shape index (κ2) is 6.53. The molecule has 6 heteroatoms. The number of nitrogens with one attached hydrogen (secondary N) is 1. The molecule has 112 valence electrons. The highest BCUT2D eigenvalue weighted by molar-refractivity contribution is 5.78. The standard InChI is InChI=1S/C10H9NO.C6H6N2O2/c1-7-6-8-4-2-3-5-9(8)11-10(7)12;7-5-2-1-3-6(4-5)8(9)10/h2-6H,1H3,(H,11,12);1-4H,7H2. The first kappa shape index (κ1) is 15.2. The van der Waals surface area contributed by atoms with Crippen LogP contribution in [0.4, 0.5) is 11.4 Å². The Morgan fingerprint density at radius 3 is 2.45 bits per heavy atom. The first-order chi connectivity index (χ1) is 10.5. The van der Waals surface area contributed by atoms with Gasteiger partial charge in [-0.05, 0) is 30.5 Å². The minimum Gasteiger partial charge on any atom is -0.399 e. The fraction of sp³-hybridized carbons (Fsp3) is 0.0625. The van der Waals surface area contributed by atoms with Crippen molar-refractivity contribution in [2.24, 2.45) is 0 Å². The largest absolute Gasteiger partial charge is 0.399 e. The summed E-state index contributed by atoms with van der Waals surface area (Å²) in [5.74, 6) is 0. The summed E-state index contributed by atoms with van der Waals surface area (Å²) in [5, 5.41) is 11.2. The Morgan fingerprint density at radius 2 is 1.82 bits per heavy atom. The summed E-state index contributed by atoms with van der Waals surface area (Å²) in [5.41, 5.74) is 7.38. The van der Waals surface area contributed by atoms with Crippen LogP contribution < -0.4 is 11.3 Å². The van der Waals surface area contributed by atoms with Gasteiger partial charge in [-0.3, -0.25) is 14.9 Å². The third-order valence-electron chi connectivity index (χ3n) is 3.02. The van der Waals surface area contributed by atoms with Crippen LogP contribution in [0.2, 0.25) is 0 Å². The first-order valence-electron chi connectivity index (χ1n) is 6.56. The molecular weight excluding hydrogens is 282 g/mol. The van der Waals surface area contributed by atoms with Crippen molar-refractivity contribution in [1.29, 1.82) is 0 Å². The molecule has 3 N–H and O–H groups in total. The number of hydrogen-bond acceptors (Lipinski definition) is 4. The molecule has 2 aromatic carbocycles. The number of H-pyrrole nitrogens is 1. The smallest absolute Gasteiger partial charge is 0.271 e. The summed E-state index contributed by atoms with van der Waals surface area (Å²) < 4.78 is 0. The molecule has 6 nitrogen and oxygen atoms in total. The number of nitrogens with two attached hydrogens (primary N) is 1. The Kier molecular flexibility index (Phi) is 4.53. The van der Waals surface area contributed by atoms with Gasteiger partial charge in [0.25, 0.3) is 11.2 Å². The molecule has 0 fully saturated rings. The van der Waals surface area contributed by atoms with E-state index in [1.165, 1.54) is 12.1 Å². The van der Waals surface area contributed by atoms with Crippen LogP contribution >= 0.6 is 0 Å². The van der Waals surface area contributed by atoms with Crippen LogP contribution in [0.1, 0.15) is 5.56 Å². The van der Waals surface area contributed by atoms with Crippen molar-refractivity contribution in [3.05, 3.63) is 80.6 Å². The van der Waals surface area contributed by atoms with Gasteiger partial charge >= 0.3 is 0 Å². The van der Waals surface area contributed by atoms with Crippen molar-refractivity contribution in [3.63, 3.8) is 0 Å². The van der Waals surface area contributed by atoms with Crippen LogP contribution in [0.5, 0.6) is 0 Å². The molecule has 3 aromatic rings. The maximum absolute atomic E-state index is 11.2. The molecule has 22 heavy (non-hydrogen) atoms. The van der Waals surface area contributed by atoms with E-state index in [-0.39, 0.29) is 11.2 Å². The number of aromatic nitrogens is 1. The van der Waals surface area contributed by atoms with Crippen molar-refractivity contribution >= 4 is 22.3 Å². The van der Waals surface area contributed by atoms with Gasteiger partial charge in [0.15, 0.2) is 0 Å². The van der Waals surface area contributed by atoms with E-state index in [9.17, 15) is 14.9 Å². The number of nitro benzene ring substituents is 1. The summed E-state index contributed by atoms with van der Waals surface area (Å²) in [6, 6.07) is 15.5. The second-order valence-corrected chi connectivity index (χ2v) is 4.72. The molecule has 0 bridgehead atoms. The van der Waals surface area contributed by atoms with Crippen LogP contribution in [0.25, 0.3) is 10.9 Å². The van der Waals surface area contributed by atoms with Gasteiger partial charge < -0.3 is 10.7 Å². The van der Waals surface area contributed by atoms with Crippen LogP contribution in [-0.2, 0) is 0 Å². The van der Waals surface area contributed by atoms with E-state index in [1.54, 1.807) is 12.1 Å². The SMILES string of the molecule is Cc1cc2ccccc2[nH]c1=O.Nc1cccc([N+](=O)[O-])c1. The number of benzene rings is 2. The summed E-state index contributed by atoms with van der Waals surface area (Å²) in [6.45, 7) is 1.81. The zero-order valence-electron chi connectivity index (χ0n) is 11.9. The lowest BCUT2D eigenvalue weighted by atomic mass is 10.2. The molecule has 0 aliphatic rings. The number of aryl methyl sites for hydroxylation is 1. The molecular formula is C16H15N3O3. The topological polar surface area (TPSA) is 102 Å². The highest BCUT2D eigenvalue weighted by atomic mass is 16.6. The van der Waals surface area contributed by atoms with Gasteiger partial charge in [0.2, 0.25) is 0 Å². The van der Waals surface area contributed by atoms with Gasteiger partial charge in [0, 0.05) is 28.9 Å². The Balaban J connectivity index is 0.000000164. The minimum absolute atomic E-state index is 0.00583. The Morgan fingerprint density at radius 1 is 1.09 bits per heavy atom. The van der Waals surface area contributed by atoms with Crippen LogP contribution in [0.15, 0.2) is 59.4 Å². The van der Waals surface area contributed by atoms with Gasteiger partial charge in [-0.15, -0.1) is 0 Å². The maximum Gasteiger partial charge on any atom is 0.271 e. The van der Waals surface area contributed by atoms with Crippen molar-refractivity contribution < 1.29 is 4.92 Å². The predicted molar refractivity (Wildman–Crippen MR) is 86.8 cm³/mol. The van der Waals surface area contributed by atoms with Gasteiger partial charge in [-0.25, -0.2) is 0 Å². The molecule has 0 unspecified atom stereocenters. The molecule has 0 spiro atoms. The summed E-state index contributed by atoms with van der Waals surface area (Å²) in [7, 11) is 0. The number of hydrogen-bond donors (Lipinski definition) is 2. The molecule has 0 aliphatic heterocycles.